The SMILES string of the molecule is COc1cc2c(cc1OC)[C@H]([NH+]1CCCCCC1)C[NH2+]C2. The second-order valence-corrected chi connectivity index (χ2v) is 6.26. The molecular formula is C17H28N2O2+2. The quantitative estimate of drug-likeness (QED) is 0.840. The molecule has 0 aliphatic carbocycles. The molecule has 3 N–H and O–H groups in total. The normalized spacial score (nSPS) is 23.2. The summed E-state index contributed by atoms with van der Waals surface area (Å²) in [6, 6.07) is 5.00. The van der Waals surface area contributed by atoms with E-state index in [4.69, 9.17) is 9.47 Å². The molecule has 1 atom stereocenters. The summed E-state index contributed by atoms with van der Waals surface area (Å²) in [7, 11) is 3.45. The van der Waals surface area contributed by atoms with Crippen molar-refractivity contribution in [2.45, 2.75) is 38.3 Å². The molecule has 1 aromatic carbocycles. The molecule has 21 heavy (non-hydrogen) atoms. The molecular weight excluding hydrogens is 264 g/mol. The molecule has 1 aromatic rings. The first-order chi connectivity index (χ1) is 10.3. The van der Waals surface area contributed by atoms with Crippen LogP contribution in [0.25, 0.3) is 0 Å². The number of methoxy groups -OCH3 is 2. The predicted octanol–water partition coefficient (Wildman–Crippen LogP) is 0.281. The Labute approximate surface area is 127 Å². The Hall–Kier alpha value is -1.26. The lowest BCUT2D eigenvalue weighted by Crippen LogP contribution is -3.15. The van der Waals surface area contributed by atoms with Gasteiger partial charge in [-0.2, -0.15) is 0 Å². The fraction of sp³-hybridized carbons (Fsp3) is 0.647. The highest BCUT2D eigenvalue weighted by Gasteiger charge is 2.33. The second-order valence-electron chi connectivity index (χ2n) is 6.26. The van der Waals surface area contributed by atoms with E-state index in [1.165, 1.54) is 56.4 Å². The van der Waals surface area contributed by atoms with Crippen LogP contribution in [-0.4, -0.2) is 33.9 Å². The maximum atomic E-state index is 5.52. The standard InChI is InChI=1S/C17H26N2O2/c1-20-16-9-13-11-18-12-15(14(13)10-17(16)21-2)19-7-5-3-4-6-8-19/h9-10,15,18H,3-8,11-12H2,1-2H3/p+2/t15-/m1/s1. The molecule has 4 heteroatoms. The monoisotopic (exact) mass is 292 g/mol. The van der Waals surface area contributed by atoms with Crippen LogP contribution in [0, 0.1) is 0 Å². The number of benzene rings is 1. The van der Waals surface area contributed by atoms with Crippen LogP contribution in [0.15, 0.2) is 12.1 Å². The average molecular weight is 292 g/mol. The average Bonchev–Trinajstić information content (AvgIpc) is 2.82. The number of fused-ring (bicyclic) bond motifs is 1. The van der Waals surface area contributed by atoms with Crippen LogP contribution in [0.3, 0.4) is 0 Å². The lowest BCUT2D eigenvalue weighted by molar-refractivity contribution is -0.947. The Morgan fingerprint density at radius 1 is 1.00 bits per heavy atom. The fourth-order valence-corrected chi connectivity index (χ4v) is 3.89. The predicted molar refractivity (Wildman–Crippen MR) is 81.9 cm³/mol. The van der Waals surface area contributed by atoms with Crippen molar-refractivity contribution >= 4 is 0 Å². The summed E-state index contributed by atoms with van der Waals surface area (Å²) in [5.74, 6) is 1.73. The van der Waals surface area contributed by atoms with Crippen molar-refractivity contribution in [3.63, 3.8) is 0 Å². The summed E-state index contributed by atoms with van der Waals surface area (Å²) in [6.45, 7) is 4.87. The maximum absolute atomic E-state index is 5.52. The Morgan fingerprint density at radius 3 is 2.33 bits per heavy atom. The van der Waals surface area contributed by atoms with Crippen molar-refractivity contribution in [1.82, 2.24) is 0 Å². The highest BCUT2D eigenvalue weighted by atomic mass is 16.5. The molecule has 1 saturated heterocycles. The van der Waals surface area contributed by atoms with E-state index in [1.807, 2.05) is 0 Å². The molecule has 0 saturated carbocycles. The largest absolute Gasteiger partial charge is 0.493 e. The van der Waals surface area contributed by atoms with Gasteiger partial charge >= 0.3 is 0 Å². The third kappa shape index (κ3) is 3.01. The van der Waals surface area contributed by atoms with E-state index < -0.39 is 0 Å². The first-order valence-corrected chi connectivity index (χ1v) is 8.24. The third-order valence-electron chi connectivity index (χ3n) is 5.03. The minimum Gasteiger partial charge on any atom is -0.493 e. The van der Waals surface area contributed by atoms with Gasteiger partial charge in [0.2, 0.25) is 0 Å². The molecule has 0 unspecified atom stereocenters. The number of nitrogens with one attached hydrogen (secondary N) is 1. The summed E-state index contributed by atoms with van der Waals surface area (Å²) < 4.78 is 11.0. The fourth-order valence-electron chi connectivity index (χ4n) is 3.89. The van der Waals surface area contributed by atoms with Gasteiger partial charge in [0, 0.05) is 11.1 Å². The van der Waals surface area contributed by atoms with E-state index in [-0.39, 0.29) is 0 Å². The number of hydrogen-bond acceptors (Lipinski definition) is 2. The molecule has 0 aromatic heterocycles. The lowest BCUT2D eigenvalue weighted by Gasteiger charge is -2.31. The van der Waals surface area contributed by atoms with Crippen LogP contribution in [-0.2, 0) is 6.54 Å². The Balaban J connectivity index is 1.92. The highest BCUT2D eigenvalue weighted by molar-refractivity contribution is 5.48. The van der Waals surface area contributed by atoms with Crippen molar-refractivity contribution in [1.29, 1.82) is 0 Å². The van der Waals surface area contributed by atoms with Gasteiger partial charge in [0.1, 0.15) is 13.1 Å². The number of hydrogen-bond donors (Lipinski definition) is 2. The lowest BCUT2D eigenvalue weighted by atomic mass is 9.94. The van der Waals surface area contributed by atoms with Crippen molar-refractivity contribution in [3.05, 3.63) is 23.3 Å². The van der Waals surface area contributed by atoms with E-state index in [0.717, 1.165) is 18.0 Å². The molecule has 116 valence electrons. The van der Waals surface area contributed by atoms with E-state index >= 15 is 0 Å². The van der Waals surface area contributed by atoms with Crippen molar-refractivity contribution in [2.75, 3.05) is 33.9 Å². The number of nitrogens with two attached hydrogens (primary N) is 1. The molecule has 1 fully saturated rings. The van der Waals surface area contributed by atoms with Crippen molar-refractivity contribution < 1.29 is 19.7 Å². The first kappa shape index (κ1) is 14.7. The van der Waals surface area contributed by atoms with Crippen molar-refractivity contribution in [3.8, 4) is 11.5 Å². The summed E-state index contributed by atoms with van der Waals surface area (Å²) in [5, 5.41) is 2.44. The van der Waals surface area contributed by atoms with Gasteiger partial charge in [-0.15, -0.1) is 0 Å². The Morgan fingerprint density at radius 2 is 1.67 bits per heavy atom. The summed E-state index contributed by atoms with van der Waals surface area (Å²) in [6.07, 6.45) is 5.54. The molecule has 0 amide bonds. The minimum absolute atomic E-state index is 0.603. The van der Waals surface area contributed by atoms with Crippen LogP contribution in [0.2, 0.25) is 0 Å². The Bertz CT molecular complexity index is 482. The number of ether oxygens (including phenoxy) is 2. The Kier molecular flexibility index (Phi) is 4.66. The van der Waals surface area contributed by atoms with Crippen LogP contribution in [0.4, 0.5) is 0 Å². The van der Waals surface area contributed by atoms with Crippen LogP contribution >= 0.6 is 0 Å². The number of likely N-dealkylation sites (tertiary alicyclic amines) is 1. The zero-order valence-electron chi connectivity index (χ0n) is 13.3. The minimum atomic E-state index is 0.603. The molecule has 0 radical (unpaired) electrons. The summed E-state index contributed by atoms with van der Waals surface area (Å²) in [4.78, 5) is 1.76. The molecule has 0 spiro atoms. The van der Waals surface area contributed by atoms with Gasteiger partial charge in [0.15, 0.2) is 17.5 Å². The van der Waals surface area contributed by atoms with Gasteiger partial charge in [0.05, 0.1) is 27.3 Å². The summed E-state index contributed by atoms with van der Waals surface area (Å²) in [5.41, 5.74) is 2.90. The topological polar surface area (TPSA) is 39.5 Å². The van der Waals surface area contributed by atoms with Crippen LogP contribution in [0.1, 0.15) is 42.9 Å². The molecule has 2 aliphatic heterocycles. The molecule has 4 nitrogen and oxygen atoms in total. The second kappa shape index (κ2) is 6.67. The van der Waals surface area contributed by atoms with Crippen LogP contribution in [0.5, 0.6) is 11.5 Å². The number of rotatable bonds is 3. The van der Waals surface area contributed by atoms with Gasteiger partial charge in [-0.25, -0.2) is 0 Å². The van der Waals surface area contributed by atoms with Gasteiger partial charge < -0.3 is 19.7 Å². The number of quaternary nitrogens is 2. The molecule has 0 bridgehead atoms. The zero-order chi connectivity index (χ0) is 14.7. The van der Waals surface area contributed by atoms with Crippen molar-refractivity contribution in [2.24, 2.45) is 0 Å². The molecule has 2 heterocycles. The van der Waals surface area contributed by atoms with Gasteiger partial charge in [0.25, 0.3) is 0 Å². The van der Waals surface area contributed by atoms with Crippen LogP contribution < -0.4 is 19.7 Å². The molecule has 2 aliphatic rings. The van der Waals surface area contributed by atoms with E-state index in [9.17, 15) is 0 Å². The van der Waals surface area contributed by atoms with Gasteiger partial charge in [-0.3, -0.25) is 0 Å². The highest BCUT2D eigenvalue weighted by Crippen LogP contribution is 2.33. The summed E-state index contributed by atoms with van der Waals surface area (Å²) >= 11 is 0. The zero-order valence-corrected chi connectivity index (χ0v) is 13.3. The van der Waals surface area contributed by atoms with E-state index in [1.54, 1.807) is 19.1 Å². The smallest absolute Gasteiger partial charge is 0.163 e. The van der Waals surface area contributed by atoms with E-state index in [0.29, 0.717) is 6.04 Å². The first-order valence-electron chi connectivity index (χ1n) is 8.24. The van der Waals surface area contributed by atoms with E-state index in [2.05, 4.69) is 17.4 Å². The van der Waals surface area contributed by atoms with Gasteiger partial charge in [-0.05, 0) is 37.8 Å². The molecule has 3 rings (SSSR count). The third-order valence-corrected chi connectivity index (χ3v) is 5.03. The van der Waals surface area contributed by atoms with Gasteiger partial charge in [-0.1, -0.05) is 0 Å². The maximum Gasteiger partial charge on any atom is 0.163 e.